The van der Waals surface area contributed by atoms with Gasteiger partial charge in [0.2, 0.25) is 27.7 Å². The topological polar surface area (TPSA) is 139 Å². The fourth-order valence-corrected chi connectivity index (χ4v) is 17.1. The van der Waals surface area contributed by atoms with Gasteiger partial charge in [-0.25, -0.2) is 0 Å². The molecule has 9 nitrogen and oxygen atoms in total. The van der Waals surface area contributed by atoms with Crippen LogP contribution in [0.15, 0.2) is 277 Å². The minimum absolute atomic E-state index is 0.227. The molecule has 12 aromatic rings. The van der Waals surface area contributed by atoms with Crippen molar-refractivity contribution in [3.63, 3.8) is 0 Å². The van der Waals surface area contributed by atoms with Crippen molar-refractivity contribution < 1.29 is 14.7 Å². The molecule has 0 aliphatic carbocycles. The standard InChI is InChI=1S/C22H19S.C16H17OS.C12H12OS.C12H15OS.C7H7N2.C6H4ClN2.C6H5N2/c1-23(2)19-11-7-10-18(15-19)22-20-12-5-3-8-16(20)14-17-9-4-6-13-21(17)22;17-16(12-18-9-3-4-10-18)15-8-7-13-5-1-2-6-14(13)11-15;1-14(2)12-8-7-11(13)9-5-3-4-6-10(9)12;13-12(10-14-8-4-5-9-14)11-6-2-1-3-7-11;1-6-2-4-7(9-8)5-3-6;7-5-3-1-2-4-6(5)9-8;7-8-6-4-2-1-3-5-6/h3-15H,1-2H3;1-2,5-8,11H,3-4,9-10,12H2;3-8H,1-2H3;1-3,6-7H,4-5,8-10H2;2-5H,1H3;1-4H;1-5H/q2*+1;;4*+1/p+1. The number of hydrogen-bond acceptors (Lipinski definition) is 6. The average molecular weight is 1350 g/mol. The number of rotatable bonds is 9. The SMILES string of the molecule is C[S+](C)c1ccc(O)c2ccccc12.C[S+](C)c1cccc(-c2c3ccccc3cc3ccccc23)c1.Cc1ccc([N+]#N)cc1.N#[N+]c1ccccc1.N#[N+]c1ccccc1Cl.O=C(C[S+]1CCCC1)c1ccc2ccccc2c1.O=C(C[S+]1CCCC1)c1ccccc1. The maximum Gasteiger partial charge on any atom is 0.403 e. The Labute approximate surface area is 575 Å². The number of aromatic hydroxyl groups is 1. The molecule has 12 aromatic carbocycles. The van der Waals surface area contributed by atoms with Crippen LogP contribution in [0.25, 0.3) is 69.1 Å². The number of phenols is 1. The van der Waals surface area contributed by atoms with Crippen molar-refractivity contribution in [2.24, 2.45) is 0 Å². The van der Waals surface area contributed by atoms with Crippen LogP contribution in [-0.4, -0.2) is 76.2 Å². The molecule has 0 atom stereocenters. The molecule has 2 aliphatic rings. The molecule has 0 radical (unpaired) electrons. The van der Waals surface area contributed by atoms with E-state index in [1.807, 2.05) is 116 Å². The van der Waals surface area contributed by atoms with Crippen molar-refractivity contribution in [1.82, 2.24) is 0 Å². The van der Waals surface area contributed by atoms with Crippen LogP contribution in [0.1, 0.15) is 52.0 Å². The average Bonchev–Trinajstić information content (AvgIpc) is 1.80. The summed E-state index contributed by atoms with van der Waals surface area (Å²) in [7, 11) is 1.25. The minimum atomic E-state index is 0.227. The molecule has 0 amide bonds. The first kappa shape index (κ1) is 71.6. The monoisotopic (exact) mass is 1350 g/mol. The molecular formula is C81H80ClN6O3S4+7. The second kappa shape index (κ2) is 37.6. The van der Waals surface area contributed by atoms with Gasteiger partial charge in [-0.1, -0.05) is 205 Å². The molecule has 0 bridgehead atoms. The van der Waals surface area contributed by atoms with E-state index in [2.05, 4.69) is 143 Å². The van der Waals surface area contributed by atoms with E-state index in [0.29, 0.717) is 61.2 Å². The fraction of sp³-hybridized carbons (Fsp3) is 0.185. The number of phenolic OH excluding ortho intramolecular Hbond substituents is 1. The first-order chi connectivity index (χ1) is 46.2. The smallest absolute Gasteiger partial charge is 0.403 e. The quantitative estimate of drug-likeness (QED) is 0.0661. The Hall–Kier alpha value is -9.23. The maximum absolute atomic E-state index is 12.3. The van der Waals surface area contributed by atoms with E-state index in [1.54, 1.807) is 54.6 Å². The first-order valence-electron chi connectivity index (χ1n) is 31.4. The van der Waals surface area contributed by atoms with Gasteiger partial charge in [0.1, 0.15) is 58.8 Å². The Morgan fingerprint density at radius 2 is 0.916 bits per heavy atom. The van der Waals surface area contributed by atoms with Gasteiger partial charge >= 0.3 is 17.1 Å². The minimum Gasteiger partial charge on any atom is -0.507 e. The van der Waals surface area contributed by atoms with E-state index >= 15 is 0 Å². The van der Waals surface area contributed by atoms with E-state index in [0.717, 1.165) is 33.4 Å². The lowest BCUT2D eigenvalue weighted by molar-refractivity contribution is 0.101. The summed E-state index contributed by atoms with van der Waals surface area (Å²) in [4.78, 5) is 35.7. The van der Waals surface area contributed by atoms with Crippen molar-refractivity contribution in [1.29, 1.82) is 16.2 Å². The number of Topliss-reactive ketones (excluding diaryl/α,β-unsaturated/α-hetero) is 2. The van der Waals surface area contributed by atoms with Gasteiger partial charge in [0.25, 0.3) is 0 Å². The maximum atomic E-state index is 12.3. The predicted octanol–water partition coefficient (Wildman–Crippen LogP) is 21.9. The number of halogens is 1. The third-order valence-corrected chi connectivity index (χ3v) is 23.3. The third kappa shape index (κ3) is 21.7. The number of carbonyl (C=O) groups is 2. The van der Waals surface area contributed by atoms with Gasteiger partial charge < -0.3 is 5.11 Å². The molecule has 2 aliphatic heterocycles. The van der Waals surface area contributed by atoms with E-state index in [9.17, 15) is 14.7 Å². The Morgan fingerprint density at radius 3 is 1.44 bits per heavy atom. The number of aryl methyl sites for hydroxylation is 1. The van der Waals surface area contributed by atoms with Crippen LogP contribution < -0.4 is 0 Å². The molecule has 0 spiro atoms. The molecule has 476 valence electrons. The molecule has 14 rings (SSSR count). The summed E-state index contributed by atoms with van der Waals surface area (Å²) in [6.07, 6.45) is 14.2. The number of carbonyl (C=O) groups excluding carboxylic acids is 2. The zero-order chi connectivity index (χ0) is 67.3. The summed E-state index contributed by atoms with van der Waals surface area (Å²) < 4.78 is 0. The molecule has 2 fully saturated rings. The summed E-state index contributed by atoms with van der Waals surface area (Å²) in [5, 5.41) is 44.6. The number of hydrogen-bond donors (Lipinski definition) is 1. The van der Waals surface area contributed by atoms with Crippen LogP contribution in [-0.2, 0) is 43.6 Å². The van der Waals surface area contributed by atoms with E-state index in [-0.39, 0.29) is 21.8 Å². The summed E-state index contributed by atoms with van der Waals surface area (Å²) >= 11 is 5.57. The highest BCUT2D eigenvalue weighted by Crippen LogP contribution is 2.37. The molecule has 0 saturated carbocycles. The fourth-order valence-electron chi connectivity index (χ4n) is 10.7. The van der Waals surface area contributed by atoms with Crippen molar-refractivity contribution in [2.45, 2.75) is 42.4 Å². The van der Waals surface area contributed by atoms with E-state index in [1.165, 1.54) is 107 Å². The van der Waals surface area contributed by atoms with E-state index in [4.69, 9.17) is 27.8 Å². The highest BCUT2D eigenvalue weighted by Gasteiger charge is 2.29. The van der Waals surface area contributed by atoms with Gasteiger partial charge in [0.15, 0.2) is 36.2 Å². The number of nitrogens with zero attached hydrogens (tertiary/aromatic N) is 6. The molecule has 95 heavy (non-hydrogen) atoms. The second-order valence-corrected chi connectivity index (χ2v) is 32.2. The molecule has 14 heteroatoms. The van der Waals surface area contributed by atoms with Crippen molar-refractivity contribution in [3.05, 3.63) is 304 Å². The summed E-state index contributed by atoms with van der Waals surface area (Å²) in [6, 6.07) is 87.5. The predicted molar refractivity (Wildman–Crippen MR) is 412 cm³/mol. The Bertz CT molecular complexity index is 4550. The normalized spacial score (nSPS) is 12.3. The van der Waals surface area contributed by atoms with Gasteiger partial charge in [0, 0.05) is 80.1 Å². The van der Waals surface area contributed by atoms with Crippen LogP contribution >= 0.6 is 11.6 Å². The Balaban J connectivity index is 0.000000146. The highest BCUT2D eigenvalue weighted by molar-refractivity contribution is 7.98. The van der Waals surface area contributed by atoms with Crippen LogP contribution in [0.2, 0.25) is 5.02 Å². The lowest BCUT2D eigenvalue weighted by Gasteiger charge is -2.12. The zero-order valence-electron chi connectivity index (χ0n) is 54.4. The number of fused-ring (bicyclic) bond motifs is 4. The van der Waals surface area contributed by atoms with Crippen LogP contribution in [0, 0.1) is 23.1 Å². The largest absolute Gasteiger partial charge is 0.507 e. The number of ketones is 2. The highest BCUT2D eigenvalue weighted by atomic mass is 35.5. The summed E-state index contributed by atoms with van der Waals surface area (Å²) in [5.74, 6) is 7.65. The Morgan fingerprint density at radius 1 is 0.432 bits per heavy atom. The molecule has 0 aromatic heterocycles. The summed E-state index contributed by atoms with van der Waals surface area (Å²) in [6.45, 7) is 1.99. The first-order valence-corrected chi connectivity index (χ1v) is 39.3. The second-order valence-electron chi connectivity index (χ2n) is 22.9. The lowest BCUT2D eigenvalue weighted by atomic mass is 9.92. The molecule has 2 saturated heterocycles. The number of diazo groups is 3. The molecule has 2 heterocycles. The lowest BCUT2D eigenvalue weighted by Crippen LogP contribution is -2.17. The zero-order valence-corrected chi connectivity index (χ0v) is 58.5. The van der Waals surface area contributed by atoms with Gasteiger partial charge in [-0.3, -0.25) is 9.59 Å². The van der Waals surface area contributed by atoms with E-state index < -0.39 is 0 Å². The van der Waals surface area contributed by atoms with Crippen LogP contribution in [0.4, 0.5) is 17.1 Å². The van der Waals surface area contributed by atoms with Gasteiger partial charge in [-0.2, -0.15) is 0 Å². The van der Waals surface area contributed by atoms with Crippen LogP contribution in [0.3, 0.4) is 0 Å². The van der Waals surface area contributed by atoms with Crippen molar-refractivity contribution in [2.75, 3.05) is 59.5 Å². The Kier molecular flexibility index (Phi) is 28.3. The molecule has 1 N–H and O–H groups in total. The van der Waals surface area contributed by atoms with Gasteiger partial charge in [-0.15, -0.1) is 0 Å². The third-order valence-electron chi connectivity index (χ3n) is 15.7. The molecule has 0 unspecified atom stereocenters. The van der Waals surface area contributed by atoms with Gasteiger partial charge in [0.05, 0.1) is 0 Å². The summed E-state index contributed by atoms with van der Waals surface area (Å²) in [5.41, 5.74) is 7.19. The molecular weight excluding hydrogens is 1270 g/mol. The van der Waals surface area contributed by atoms with Crippen molar-refractivity contribution in [3.8, 4) is 16.9 Å². The number of benzene rings is 12. The van der Waals surface area contributed by atoms with Gasteiger partial charge in [-0.05, 0) is 140 Å². The van der Waals surface area contributed by atoms with Crippen LogP contribution in [0.5, 0.6) is 5.75 Å². The van der Waals surface area contributed by atoms with Crippen molar-refractivity contribution >= 4 is 127 Å².